The molecule has 0 N–H and O–H groups in total. The van der Waals surface area contributed by atoms with Gasteiger partial charge in [-0.05, 0) is 51.0 Å². The molecule has 1 saturated heterocycles. The highest BCUT2D eigenvalue weighted by Crippen LogP contribution is 2.34. The molecule has 2 aromatic carbocycles. The number of nitrogens with zero attached hydrogens (tertiary/aromatic N) is 5. The second-order valence-electron chi connectivity index (χ2n) is 8.18. The number of fused-ring (bicyclic) bond motifs is 1. The number of hydrogen-bond acceptors (Lipinski definition) is 5. The van der Waals surface area contributed by atoms with E-state index in [1.54, 1.807) is 17.3 Å². The summed E-state index contributed by atoms with van der Waals surface area (Å²) in [5, 5.41) is 8.34. The fourth-order valence-corrected chi connectivity index (χ4v) is 4.21. The van der Waals surface area contributed by atoms with Gasteiger partial charge in [0, 0.05) is 12.6 Å². The third-order valence-electron chi connectivity index (χ3n) is 5.98. The summed E-state index contributed by atoms with van der Waals surface area (Å²) >= 11 is 0. The number of likely N-dealkylation sites (tertiary alicyclic amines) is 1. The first-order chi connectivity index (χ1) is 15.4. The molecule has 0 aliphatic carbocycles. The molecule has 1 aliphatic heterocycles. The Morgan fingerprint density at radius 1 is 1.12 bits per heavy atom. The second-order valence-corrected chi connectivity index (χ2v) is 8.18. The normalized spacial score (nSPS) is 18.9. The summed E-state index contributed by atoms with van der Waals surface area (Å²) in [4.78, 5) is 21.2. The smallest absolute Gasteiger partial charge is 0.256 e. The first-order valence-corrected chi connectivity index (χ1v) is 10.4. The molecule has 3 heterocycles. The maximum atomic E-state index is 14.1. The third kappa shape index (κ3) is 3.43. The van der Waals surface area contributed by atoms with Crippen molar-refractivity contribution in [3.8, 4) is 5.69 Å². The Kier molecular flexibility index (Phi) is 4.96. The molecule has 2 aromatic heterocycles. The van der Waals surface area contributed by atoms with Gasteiger partial charge in [-0.25, -0.2) is 9.37 Å². The van der Waals surface area contributed by atoms with Gasteiger partial charge in [-0.1, -0.05) is 11.6 Å². The summed E-state index contributed by atoms with van der Waals surface area (Å²) in [5.74, 6) is -2.08. The van der Waals surface area contributed by atoms with Crippen LogP contribution >= 0.6 is 0 Å². The molecule has 0 radical (unpaired) electrons. The summed E-state index contributed by atoms with van der Waals surface area (Å²) in [6.07, 6.45) is 4.57. The number of halogens is 2. The molecule has 1 amide bonds. The van der Waals surface area contributed by atoms with E-state index in [-0.39, 0.29) is 29.0 Å². The van der Waals surface area contributed by atoms with E-state index in [9.17, 15) is 13.6 Å². The van der Waals surface area contributed by atoms with E-state index in [1.165, 1.54) is 10.9 Å². The van der Waals surface area contributed by atoms with Gasteiger partial charge < -0.3 is 9.32 Å². The van der Waals surface area contributed by atoms with Crippen LogP contribution in [0.5, 0.6) is 0 Å². The average molecular weight is 437 g/mol. The van der Waals surface area contributed by atoms with Crippen molar-refractivity contribution in [2.45, 2.75) is 38.6 Å². The predicted molar refractivity (Wildman–Crippen MR) is 112 cm³/mol. The summed E-state index contributed by atoms with van der Waals surface area (Å²) in [5.41, 5.74) is 2.11. The zero-order valence-corrected chi connectivity index (χ0v) is 17.6. The van der Waals surface area contributed by atoms with E-state index >= 15 is 0 Å². The number of carbonyl (C=O) groups is 1. The van der Waals surface area contributed by atoms with Gasteiger partial charge in [0.1, 0.15) is 5.52 Å². The average Bonchev–Trinajstić information content (AvgIpc) is 3.47. The molecule has 0 saturated carbocycles. The minimum Gasteiger partial charge on any atom is -0.437 e. The highest BCUT2D eigenvalue weighted by Gasteiger charge is 2.34. The Hall–Kier alpha value is -3.62. The lowest BCUT2D eigenvalue weighted by atomic mass is 9.92. The molecular weight excluding hydrogens is 416 g/mol. The van der Waals surface area contributed by atoms with Gasteiger partial charge >= 0.3 is 0 Å². The zero-order chi connectivity index (χ0) is 22.4. The van der Waals surface area contributed by atoms with Crippen molar-refractivity contribution in [2.75, 3.05) is 6.54 Å². The number of aromatic nitrogens is 4. The fourth-order valence-electron chi connectivity index (χ4n) is 4.21. The van der Waals surface area contributed by atoms with Crippen LogP contribution in [0, 0.1) is 18.6 Å². The maximum absolute atomic E-state index is 14.1. The quantitative estimate of drug-likeness (QED) is 0.475. The van der Waals surface area contributed by atoms with Gasteiger partial charge in [-0.2, -0.15) is 19.4 Å². The summed E-state index contributed by atoms with van der Waals surface area (Å²) in [7, 11) is 0. The van der Waals surface area contributed by atoms with Gasteiger partial charge in [0.25, 0.3) is 5.91 Å². The van der Waals surface area contributed by atoms with Crippen LogP contribution in [0.2, 0.25) is 0 Å². The molecule has 4 aromatic rings. The summed E-state index contributed by atoms with van der Waals surface area (Å²) < 4.78 is 33.3. The molecule has 0 bridgehead atoms. The Bertz CT molecular complexity index is 1300. The van der Waals surface area contributed by atoms with Crippen molar-refractivity contribution in [2.24, 2.45) is 0 Å². The number of carbonyl (C=O) groups excluding carboxylic acids is 1. The van der Waals surface area contributed by atoms with Gasteiger partial charge in [0.15, 0.2) is 11.4 Å². The van der Waals surface area contributed by atoms with Crippen LogP contribution in [0.1, 0.15) is 47.5 Å². The Morgan fingerprint density at radius 2 is 1.91 bits per heavy atom. The van der Waals surface area contributed by atoms with Crippen molar-refractivity contribution < 1.29 is 18.0 Å². The fraction of sp³-hybridized carbons (Fsp3) is 0.304. The number of piperidine rings is 1. The summed E-state index contributed by atoms with van der Waals surface area (Å²) in [6.45, 7) is 4.28. The largest absolute Gasteiger partial charge is 0.437 e. The number of rotatable bonds is 3. The topological polar surface area (TPSA) is 77.1 Å². The molecular formula is C23H21F2N5O2. The molecule has 164 valence electrons. The Morgan fingerprint density at radius 3 is 2.69 bits per heavy atom. The van der Waals surface area contributed by atoms with Crippen LogP contribution in [0.25, 0.3) is 16.8 Å². The van der Waals surface area contributed by atoms with E-state index < -0.39 is 11.6 Å². The number of aryl methyl sites for hydroxylation is 1. The monoisotopic (exact) mass is 437 g/mol. The van der Waals surface area contributed by atoms with Crippen molar-refractivity contribution in [1.29, 1.82) is 0 Å². The number of amides is 1. The molecule has 0 unspecified atom stereocenters. The highest BCUT2D eigenvalue weighted by molar-refractivity contribution is 5.98. The molecule has 7 nitrogen and oxygen atoms in total. The number of benzene rings is 2. The first kappa shape index (κ1) is 20.3. The molecule has 1 fully saturated rings. The predicted octanol–water partition coefficient (Wildman–Crippen LogP) is 4.40. The maximum Gasteiger partial charge on any atom is 0.256 e. The van der Waals surface area contributed by atoms with Crippen molar-refractivity contribution in [3.63, 3.8) is 0 Å². The van der Waals surface area contributed by atoms with Gasteiger partial charge in [0.05, 0.1) is 29.6 Å². The van der Waals surface area contributed by atoms with Gasteiger partial charge in [-0.3, -0.25) is 4.79 Å². The highest BCUT2D eigenvalue weighted by atomic mass is 19.2. The second kappa shape index (κ2) is 7.81. The van der Waals surface area contributed by atoms with Crippen LogP contribution in [0.4, 0.5) is 8.78 Å². The van der Waals surface area contributed by atoms with Crippen molar-refractivity contribution in [1.82, 2.24) is 24.9 Å². The van der Waals surface area contributed by atoms with Crippen LogP contribution in [-0.4, -0.2) is 43.4 Å². The number of hydrogen-bond donors (Lipinski definition) is 0. The van der Waals surface area contributed by atoms with E-state index in [4.69, 9.17) is 4.42 Å². The lowest BCUT2D eigenvalue weighted by molar-refractivity contribution is 0.0597. The van der Waals surface area contributed by atoms with Crippen LogP contribution in [0.3, 0.4) is 0 Å². The van der Waals surface area contributed by atoms with E-state index in [1.807, 2.05) is 32.0 Å². The van der Waals surface area contributed by atoms with E-state index in [2.05, 4.69) is 15.2 Å². The first-order valence-electron chi connectivity index (χ1n) is 10.4. The van der Waals surface area contributed by atoms with E-state index in [0.29, 0.717) is 23.7 Å². The molecule has 0 spiro atoms. The SMILES string of the molecule is Cc1ccc(-n2nccn2)c(C(=O)N2C[C@H](c3nc4ccc(F)c(F)c4o3)CC[C@H]2C)c1. The zero-order valence-electron chi connectivity index (χ0n) is 17.6. The van der Waals surface area contributed by atoms with Gasteiger partial charge in [-0.15, -0.1) is 0 Å². The summed E-state index contributed by atoms with van der Waals surface area (Å²) in [6, 6.07) is 7.98. The third-order valence-corrected chi connectivity index (χ3v) is 5.98. The van der Waals surface area contributed by atoms with E-state index in [0.717, 1.165) is 24.5 Å². The van der Waals surface area contributed by atoms with Crippen LogP contribution < -0.4 is 0 Å². The molecule has 5 rings (SSSR count). The van der Waals surface area contributed by atoms with Crippen LogP contribution in [-0.2, 0) is 0 Å². The molecule has 32 heavy (non-hydrogen) atoms. The minimum atomic E-state index is -1.05. The number of oxazole rings is 1. The van der Waals surface area contributed by atoms with Gasteiger partial charge in [0.2, 0.25) is 11.7 Å². The molecule has 1 aliphatic rings. The van der Waals surface area contributed by atoms with Crippen molar-refractivity contribution >= 4 is 17.0 Å². The lowest BCUT2D eigenvalue weighted by Gasteiger charge is -2.37. The van der Waals surface area contributed by atoms with Crippen LogP contribution in [0.15, 0.2) is 47.1 Å². The lowest BCUT2D eigenvalue weighted by Crippen LogP contribution is -2.45. The molecule has 9 heteroatoms. The standard InChI is InChI=1S/C23H21F2N5O2/c1-13-3-8-19(30-26-9-10-27-30)16(11-13)23(31)29-12-15(5-4-14(29)2)22-28-18-7-6-17(24)20(25)21(18)32-22/h3,6-11,14-15H,4-5,12H2,1-2H3/t14-,15-/m1/s1. The van der Waals surface area contributed by atoms with Crippen molar-refractivity contribution in [3.05, 3.63) is 71.4 Å². The minimum absolute atomic E-state index is 0.00347. The molecule has 2 atom stereocenters. The Labute approximate surface area is 182 Å². The Balaban J connectivity index is 1.48.